The fourth-order valence-electron chi connectivity index (χ4n) is 0.944. The van der Waals surface area contributed by atoms with Crippen molar-refractivity contribution in [1.29, 1.82) is 0 Å². The summed E-state index contributed by atoms with van der Waals surface area (Å²) >= 11 is 5.66. The zero-order chi connectivity index (χ0) is 10.1. The lowest BCUT2D eigenvalue weighted by Crippen LogP contribution is -2.46. The largest absolute Gasteiger partial charge is 0.394 e. The molecule has 0 bridgehead atoms. The molecule has 1 rings (SSSR count). The van der Waals surface area contributed by atoms with Gasteiger partial charge in [0.1, 0.15) is 0 Å². The first-order valence-electron chi connectivity index (χ1n) is 4.45. The van der Waals surface area contributed by atoms with Crippen molar-refractivity contribution in [1.82, 2.24) is 5.32 Å². The zero-order valence-corrected chi connectivity index (χ0v) is 8.82. The Labute approximate surface area is 83.5 Å². The summed E-state index contributed by atoms with van der Waals surface area (Å²) in [6.45, 7) is 3.61. The number of nitrogens with one attached hydrogen (secondary N) is 1. The summed E-state index contributed by atoms with van der Waals surface area (Å²) in [7, 11) is 0. The van der Waals surface area contributed by atoms with E-state index in [-0.39, 0.29) is 18.1 Å². The summed E-state index contributed by atoms with van der Waals surface area (Å²) in [6, 6.07) is 0. The third kappa shape index (κ3) is 2.35. The second kappa shape index (κ2) is 3.46. The number of aliphatic hydroxyl groups excluding tert-OH is 1. The minimum absolute atomic E-state index is 0.0249. The van der Waals surface area contributed by atoms with Crippen LogP contribution in [-0.4, -0.2) is 29.0 Å². The Morgan fingerprint density at radius 1 is 1.62 bits per heavy atom. The van der Waals surface area contributed by atoms with Crippen molar-refractivity contribution in [2.24, 2.45) is 5.41 Å². The second-order valence-corrected chi connectivity index (χ2v) is 4.68. The molecule has 0 radical (unpaired) electrons. The monoisotopic (exact) mass is 205 g/mol. The number of carbonyl (C=O) groups is 1. The molecule has 1 aliphatic rings. The number of hydrogen-bond donors (Lipinski definition) is 2. The van der Waals surface area contributed by atoms with Crippen LogP contribution in [0.1, 0.15) is 26.7 Å². The molecular weight excluding hydrogens is 190 g/mol. The molecule has 76 valence electrons. The van der Waals surface area contributed by atoms with Crippen molar-refractivity contribution in [3.8, 4) is 0 Å². The van der Waals surface area contributed by atoms with E-state index in [0.29, 0.717) is 5.88 Å². The molecule has 0 aromatic rings. The van der Waals surface area contributed by atoms with Gasteiger partial charge in [0.25, 0.3) is 0 Å². The van der Waals surface area contributed by atoms with E-state index in [1.54, 1.807) is 13.8 Å². The van der Waals surface area contributed by atoms with Crippen LogP contribution in [0.3, 0.4) is 0 Å². The van der Waals surface area contributed by atoms with Crippen LogP contribution in [0.5, 0.6) is 0 Å². The molecule has 0 aromatic carbocycles. The van der Waals surface area contributed by atoms with E-state index < -0.39 is 5.41 Å². The van der Waals surface area contributed by atoms with E-state index in [9.17, 15) is 4.79 Å². The van der Waals surface area contributed by atoms with Crippen molar-refractivity contribution >= 4 is 17.5 Å². The Balaban J connectivity index is 2.50. The highest BCUT2D eigenvalue weighted by atomic mass is 35.5. The Hall–Kier alpha value is -0.280. The summed E-state index contributed by atoms with van der Waals surface area (Å²) in [5, 5.41) is 11.8. The fourth-order valence-corrected chi connectivity index (χ4v) is 1.07. The van der Waals surface area contributed by atoms with Gasteiger partial charge in [-0.3, -0.25) is 4.79 Å². The third-order valence-corrected chi connectivity index (χ3v) is 3.15. The molecule has 1 fully saturated rings. The number of alkyl halides is 1. The molecule has 2 N–H and O–H groups in total. The molecular formula is C9H16ClNO2. The van der Waals surface area contributed by atoms with Gasteiger partial charge in [-0.15, -0.1) is 11.6 Å². The van der Waals surface area contributed by atoms with Crippen molar-refractivity contribution in [2.75, 3.05) is 12.5 Å². The van der Waals surface area contributed by atoms with Gasteiger partial charge in [-0.1, -0.05) is 0 Å². The minimum atomic E-state index is -0.549. The number of aliphatic hydroxyl groups is 1. The van der Waals surface area contributed by atoms with Crippen LogP contribution >= 0.6 is 11.6 Å². The lowest BCUT2D eigenvalue weighted by molar-refractivity contribution is -0.129. The number of amides is 1. The van der Waals surface area contributed by atoms with Crippen LogP contribution in [0.15, 0.2) is 0 Å². The summed E-state index contributed by atoms with van der Waals surface area (Å²) in [5.41, 5.74) is -0.882. The Morgan fingerprint density at radius 2 is 2.15 bits per heavy atom. The second-order valence-electron chi connectivity index (χ2n) is 4.41. The highest BCUT2D eigenvalue weighted by Gasteiger charge is 2.45. The predicted octanol–water partition coefficient (Wildman–Crippen LogP) is 0.892. The van der Waals surface area contributed by atoms with Gasteiger partial charge in [0, 0.05) is 5.88 Å². The Bertz CT molecular complexity index is 212. The molecule has 0 spiro atoms. The Kier molecular flexibility index (Phi) is 2.88. The normalized spacial score (nSPS) is 19.7. The fraction of sp³-hybridized carbons (Fsp3) is 0.889. The maximum absolute atomic E-state index is 11.6. The number of halogens is 1. The smallest absolute Gasteiger partial charge is 0.227 e. The Morgan fingerprint density at radius 3 is 2.46 bits per heavy atom. The molecule has 1 amide bonds. The summed E-state index contributed by atoms with van der Waals surface area (Å²) in [4.78, 5) is 11.6. The molecule has 3 nitrogen and oxygen atoms in total. The molecule has 1 saturated carbocycles. The first kappa shape index (κ1) is 10.8. The summed E-state index contributed by atoms with van der Waals surface area (Å²) < 4.78 is 0. The predicted molar refractivity (Wildman–Crippen MR) is 51.7 cm³/mol. The minimum Gasteiger partial charge on any atom is -0.394 e. The van der Waals surface area contributed by atoms with Gasteiger partial charge in [0.2, 0.25) is 5.91 Å². The van der Waals surface area contributed by atoms with Crippen LogP contribution in [-0.2, 0) is 4.79 Å². The molecule has 0 aliphatic heterocycles. The maximum Gasteiger partial charge on any atom is 0.227 e. The van der Waals surface area contributed by atoms with Crippen LogP contribution < -0.4 is 5.32 Å². The topological polar surface area (TPSA) is 49.3 Å². The first-order chi connectivity index (χ1) is 5.96. The molecule has 1 aliphatic carbocycles. The van der Waals surface area contributed by atoms with Crippen LogP contribution in [0.2, 0.25) is 0 Å². The molecule has 0 heterocycles. The van der Waals surface area contributed by atoms with E-state index in [2.05, 4.69) is 5.32 Å². The first-order valence-corrected chi connectivity index (χ1v) is 4.99. The van der Waals surface area contributed by atoms with Crippen LogP contribution in [0.25, 0.3) is 0 Å². The maximum atomic E-state index is 11.6. The lowest BCUT2D eigenvalue weighted by atomic mass is 9.94. The average Bonchev–Trinajstić information content (AvgIpc) is 2.85. The zero-order valence-electron chi connectivity index (χ0n) is 8.06. The van der Waals surface area contributed by atoms with Gasteiger partial charge in [-0.05, 0) is 26.7 Å². The molecule has 0 aromatic heterocycles. The summed E-state index contributed by atoms with van der Waals surface area (Å²) in [6.07, 6.45) is 1.74. The molecule has 0 atom stereocenters. The van der Waals surface area contributed by atoms with Crippen molar-refractivity contribution in [3.63, 3.8) is 0 Å². The number of hydrogen-bond acceptors (Lipinski definition) is 2. The van der Waals surface area contributed by atoms with Crippen molar-refractivity contribution in [2.45, 2.75) is 32.2 Å². The standard InChI is InChI=1S/C9H16ClNO2/c1-8(2,5-10)7(13)11-9(6-12)3-4-9/h12H,3-6H2,1-2H3,(H,11,13). The SMILES string of the molecule is CC(C)(CCl)C(=O)NC1(CO)CC1. The van der Waals surface area contributed by atoms with E-state index >= 15 is 0 Å². The molecule has 4 heteroatoms. The number of rotatable bonds is 4. The van der Waals surface area contributed by atoms with Crippen molar-refractivity contribution < 1.29 is 9.90 Å². The van der Waals surface area contributed by atoms with Crippen molar-refractivity contribution in [3.05, 3.63) is 0 Å². The van der Waals surface area contributed by atoms with E-state index in [0.717, 1.165) is 12.8 Å². The van der Waals surface area contributed by atoms with E-state index in [4.69, 9.17) is 16.7 Å². The molecule has 13 heavy (non-hydrogen) atoms. The third-order valence-electron chi connectivity index (χ3n) is 2.48. The van der Waals surface area contributed by atoms with Gasteiger partial charge in [-0.25, -0.2) is 0 Å². The molecule has 0 saturated heterocycles. The van der Waals surface area contributed by atoms with Gasteiger partial charge >= 0.3 is 0 Å². The van der Waals surface area contributed by atoms with Crippen LogP contribution in [0.4, 0.5) is 0 Å². The highest BCUT2D eigenvalue weighted by Crippen LogP contribution is 2.35. The van der Waals surface area contributed by atoms with Gasteiger partial charge in [0.15, 0.2) is 0 Å². The van der Waals surface area contributed by atoms with Crippen LogP contribution in [0, 0.1) is 5.41 Å². The van der Waals surface area contributed by atoms with Gasteiger partial charge < -0.3 is 10.4 Å². The van der Waals surface area contributed by atoms with E-state index in [1.807, 2.05) is 0 Å². The van der Waals surface area contributed by atoms with E-state index in [1.165, 1.54) is 0 Å². The lowest BCUT2D eigenvalue weighted by Gasteiger charge is -2.24. The van der Waals surface area contributed by atoms with Gasteiger partial charge in [0.05, 0.1) is 17.6 Å². The molecule has 0 unspecified atom stereocenters. The average molecular weight is 206 g/mol. The van der Waals surface area contributed by atoms with Gasteiger partial charge in [-0.2, -0.15) is 0 Å². The highest BCUT2D eigenvalue weighted by molar-refractivity contribution is 6.19. The number of carbonyl (C=O) groups excluding carboxylic acids is 1. The summed E-state index contributed by atoms with van der Waals surface area (Å²) in [5.74, 6) is 0.217. The quantitative estimate of drug-likeness (QED) is 0.670.